The van der Waals surface area contributed by atoms with Gasteiger partial charge in [0.05, 0.1) is 0 Å². The van der Waals surface area contributed by atoms with Crippen LogP contribution in [0.2, 0.25) is 0 Å². The molecule has 0 radical (unpaired) electrons. The molecule has 4 rings (SSSR count). The van der Waals surface area contributed by atoms with E-state index in [4.69, 9.17) is 0 Å². The van der Waals surface area contributed by atoms with E-state index >= 15 is 0 Å². The summed E-state index contributed by atoms with van der Waals surface area (Å²) in [6.07, 6.45) is 0. The van der Waals surface area contributed by atoms with Gasteiger partial charge < -0.3 is 0 Å². The Balaban J connectivity index is 2.52. The Morgan fingerprint density at radius 2 is 1.05 bits per heavy atom. The predicted octanol–water partition coefficient (Wildman–Crippen LogP) is 6.13. The molecule has 0 nitrogen and oxygen atoms in total. The number of hydrogen-bond donors (Lipinski definition) is 0. The highest BCUT2D eigenvalue weighted by Gasteiger charge is 2.16. The third-order valence-corrected chi connectivity index (χ3v) is 4.99. The molecule has 0 bridgehead atoms. The van der Waals surface area contributed by atoms with Gasteiger partial charge in [0.25, 0.3) is 0 Å². The average Bonchev–Trinajstić information content (AvgIpc) is 2.41. The first-order valence-electron chi connectivity index (χ1n) is 7.64. The molecule has 0 aromatic heterocycles. The van der Waals surface area contributed by atoms with Crippen molar-refractivity contribution >= 4 is 32.3 Å². The van der Waals surface area contributed by atoms with Gasteiger partial charge in [-0.3, -0.25) is 0 Å². The summed E-state index contributed by atoms with van der Waals surface area (Å²) < 4.78 is 0. The van der Waals surface area contributed by atoms with Crippen molar-refractivity contribution in [3.63, 3.8) is 0 Å². The fourth-order valence-corrected chi connectivity index (χ4v) is 4.17. The molecule has 0 heteroatoms. The standard InChI is InChI=1S/C21H20/c1-11-6-7-16-9-14(4)18-12(2)8-13(3)19-15(5)10-17(11)20(16)21(18)19/h6-10H,1-5H3. The van der Waals surface area contributed by atoms with E-state index in [2.05, 4.69) is 65.0 Å². The number of aryl methyl sites for hydroxylation is 5. The van der Waals surface area contributed by atoms with Crippen molar-refractivity contribution in [3.8, 4) is 0 Å². The summed E-state index contributed by atoms with van der Waals surface area (Å²) in [6, 6.07) is 11.6. The normalized spacial score (nSPS) is 12.0. The first-order valence-corrected chi connectivity index (χ1v) is 7.64. The van der Waals surface area contributed by atoms with Gasteiger partial charge >= 0.3 is 0 Å². The lowest BCUT2D eigenvalue weighted by atomic mass is 9.85. The number of hydrogen-bond acceptors (Lipinski definition) is 0. The highest BCUT2D eigenvalue weighted by Crippen LogP contribution is 2.41. The number of benzene rings is 4. The topological polar surface area (TPSA) is 0 Å². The molecule has 0 aliphatic rings. The van der Waals surface area contributed by atoms with Crippen LogP contribution in [-0.4, -0.2) is 0 Å². The Morgan fingerprint density at radius 1 is 0.476 bits per heavy atom. The van der Waals surface area contributed by atoms with Crippen LogP contribution in [0.1, 0.15) is 27.8 Å². The van der Waals surface area contributed by atoms with Gasteiger partial charge in [0.1, 0.15) is 0 Å². The van der Waals surface area contributed by atoms with E-state index in [1.807, 2.05) is 0 Å². The highest BCUT2D eigenvalue weighted by molar-refractivity contribution is 6.26. The predicted molar refractivity (Wildman–Crippen MR) is 93.8 cm³/mol. The summed E-state index contributed by atoms with van der Waals surface area (Å²) in [5, 5.41) is 8.59. The molecular weight excluding hydrogens is 252 g/mol. The van der Waals surface area contributed by atoms with Crippen LogP contribution in [0, 0.1) is 34.6 Å². The molecule has 0 saturated carbocycles. The second-order valence-electron chi connectivity index (χ2n) is 6.55. The van der Waals surface area contributed by atoms with E-state index in [0.717, 1.165) is 0 Å². The zero-order valence-electron chi connectivity index (χ0n) is 13.4. The van der Waals surface area contributed by atoms with Crippen molar-refractivity contribution < 1.29 is 0 Å². The SMILES string of the molecule is Cc1ccc2cc(C)c3c(C)cc(C)c4c(C)cc1c2c34. The van der Waals surface area contributed by atoms with E-state index < -0.39 is 0 Å². The van der Waals surface area contributed by atoms with Crippen molar-refractivity contribution in [3.05, 3.63) is 58.1 Å². The van der Waals surface area contributed by atoms with Crippen LogP contribution in [-0.2, 0) is 0 Å². The highest BCUT2D eigenvalue weighted by atomic mass is 14.2. The van der Waals surface area contributed by atoms with Crippen LogP contribution in [0.5, 0.6) is 0 Å². The van der Waals surface area contributed by atoms with Gasteiger partial charge in [-0.25, -0.2) is 0 Å². The Bertz CT molecular complexity index is 997. The van der Waals surface area contributed by atoms with Crippen LogP contribution in [0.4, 0.5) is 0 Å². The Labute approximate surface area is 125 Å². The molecular formula is C21H20. The van der Waals surface area contributed by atoms with E-state index in [1.54, 1.807) is 0 Å². The van der Waals surface area contributed by atoms with Crippen LogP contribution >= 0.6 is 0 Å². The fraction of sp³-hybridized carbons (Fsp3) is 0.238. The van der Waals surface area contributed by atoms with E-state index in [9.17, 15) is 0 Å². The lowest BCUT2D eigenvalue weighted by Crippen LogP contribution is -1.95. The minimum Gasteiger partial charge on any atom is -0.0581 e. The monoisotopic (exact) mass is 272 g/mol. The molecule has 0 aliphatic heterocycles. The summed E-state index contributed by atoms with van der Waals surface area (Å²) in [4.78, 5) is 0. The van der Waals surface area contributed by atoms with E-state index in [1.165, 1.54) is 60.1 Å². The molecule has 21 heavy (non-hydrogen) atoms. The van der Waals surface area contributed by atoms with E-state index in [0.29, 0.717) is 0 Å². The van der Waals surface area contributed by atoms with Gasteiger partial charge in [0, 0.05) is 0 Å². The molecule has 0 unspecified atom stereocenters. The Kier molecular flexibility index (Phi) is 2.39. The molecule has 0 heterocycles. The Hall–Kier alpha value is -2.08. The molecule has 0 spiro atoms. The van der Waals surface area contributed by atoms with Crippen molar-refractivity contribution in [2.24, 2.45) is 0 Å². The van der Waals surface area contributed by atoms with Gasteiger partial charge in [-0.1, -0.05) is 30.3 Å². The van der Waals surface area contributed by atoms with Crippen molar-refractivity contribution in [2.45, 2.75) is 34.6 Å². The second-order valence-corrected chi connectivity index (χ2v) is 6.55. The maximum Gasteiger partial charge on any atom is -0.00160 e. The van der Waals surface area contributed by atoms with Gasteiger partial charge in [-0.2, -0.15) is 0 Å². The average molecular weight is 272 g/mol. The molecule has 0 N–H and O–H groups in total. The third kappa shape index (κ3) is 1.51. The first kappa shape index (κ1) is 12.6. The largest absolute Gasteiger partial charge is 0.0581 e. The molecule has 104 valence electrons. The quantitative estimate of drug-likeness (QED) is 0.338. The molecule has 0 amide bonds. The Morgan fingerprint density at radius 3 is 1.71 bits per heavy atom. The molecule has 0 fully saturated rings. The molecule has 0 saturated heterocycles. The van der Waals surface area contributed by atoms with Crippen molar-refractivity contribution in [1.29, 1.82) is 0 Å². The second kappa shape index (κ2) is 3.98. The zero-order valence-corrected chi connectivity index (χ0v) is 13.4. The summed E-state index contributed by atoms with van der Waals surface area (Å²) in [6.45, 7) is 11.2. The minimum absolute atomic E-state index is 1.37. The third-order valence-electron chi connectivity index (χ3n) is 4.99. The van der Waals surface area contributed by atoms with Gasteiger partial charge in [0.2, 0.25) is 0 Å². The first-order chi connectivity index (χ1) is 9.99. The lowest BCUT2D eigenvalue weighted by Gasteiger charge is -2.19. The summed E-state index contributed by atoms with van der Waals surface area (Å²) >= 11 is 0. The van der Waals surface area contributed by atoms with Crippen LogP contribution < -0.4 is 0 Å². The molecule has 0 atom stereocenters. The van der Waals surface area contributed by atoms with Gasteiger partial charge in [-0.05, 0) is 94.8 Å². The van der Waals surface area contributed by atoms with Crippen LogP contribution in [0.25, 0.3) is 32.3 Å². The summed E-state index contributed by atoms with van der Waals surface area (Å²) in [5.74, 6) is 0. The van der Waals surface area contributed by atoms with Crippen LogP contribution in [0.15, 0.2) is 30.3 Å². The minimum atomic E-state index is 1.37. The lowest BCUT2D eigenvalue weighted by molar-refractivity contribution is 1.41. The smallest absolute Gasteiger partial charge is 0.00160 e. The van der Waals surface area contributed by atoms with Crippen molar-refractivity contribution in [1.82, 2.24) is 0 Å². The van der Waals surface area contributed by atoms with Gasteiger partial charge in [-0.15, -0.1) is 0 Å². The maximum atomic E-state index is 2.37. The number of rotatable bonds is 0. The fourth-order valence-electron chi connectivity index (χ4n) is 4.17. The summed E-state index contributed by atoms with van der Waals surface area (Å²) in [7, 11) is 0. The maximum absolute atomic E-state index is 2.37. The van der Waals surface area contributed by atoms with Gasteiger partial charge in [0.15, 0.2) is 0 Å². The molecule has 0 aliphatic carbocycles. The summed E-state index contributed by atoms with van der Waals surface area (Å²) in [5.41, 5.74) is 6.95. The van der Waals surface area contributed by atoms with Crippen molar-refractivity contribution in [2.75, 3.05) is 0 Å². The zero-order chi connectivity index (χ0) is 14.9. The molecule has 4 aromatic rings. The molecule has 4 aromatic carbocycles. The van der Waals surface area contributed by atoms with E-state index in [-0.39, 0.29) is 0 Å². The van der Waals surface area contributed by atoms with Crippen LogP contribution in [0.3, 0.4) is 0 Å².